The highest BCUT2D eigenvalue weighted by molar-refractivity contribution is 7.46. The Hall–Kier alpha value is -1.20. The Kier molecular flexibility index (Phi) is 4.29. The summed E-state index contributed by atoms with van der Waals surface area (Å²) in [5.41, 5.74) is -0.265. The van der Waals surface area contributed by atoms with Crippen molar-refractivity contribution in [2.45, 2.75) is 19.3 Å². The normalized spacial score (nSPS) is 12.4. The average molecular weight is 274 g/mol. The lowest BCUT2D eigenvalue weighted by molar-refractivity contribution is 0.0693. The van der Waals surface area contributed by atoms with Crippen LogP contribution in [0.1, 0.15) is 29.8 Å². The molecule has 3 N–H and O–H groups in total. The highest BCUT2D eigenvalue weighted by atomic mass is 31.2. The molecule has 0 saturated heterocycles. The van der Waals surface area contributed by atoms with Gasteiger partial charge in [-0.05, 0) is 11.6 Å². The number of aromatic carboxylic acids is 1. The Morgan fingerprint density at radius 3 is 2.39 bits per heavy atom. The third-order valence-corrected chi connectivity index (χ3v) is 2.95. The van der Waals surface area contributed by atoms with Crippen LogP contribution in [-0.4, -0.2) is 27.5 Å². The lowest BCUT2D eigenvalue weighted by atomic mass is 9.82. The molecule has 1 aromatic rings. The molecule has 0 aliphatic carbocycles. The highest BCUT2D eigenvalue weighted by Crippen LogP contribution is 2.39. The molecule has 0 aliphatic rings. The first-order valence-corrected chi connectivity index (χ1v) is 6.69. The maximum Gasteiger partial charge on any atom is 0.469 e. The Bertz CT molecular complexity index is 490. The summed E-state index contributed by atoms with van der Waals surface area (Å²) in [4.78, 5) is 28.4. The monoisotopic (exact) mass is 274 g/mol. The molecule has 0 amide bonds. The highest BCUT2D eigenvalue weighted by Gasteiger charge is 2.29. The predicted octanol–water partition coefficient (Wildman–Crippen LogP) is 1.77. The molecule has 0 aromatic heterocycles. The van der Waals surface area contributed by atoms with Gasteiger partial charge in [0.05, 0.1) is 12.2 Å². The van der Waals surface area contributed by atoms with Gasteiger partial charge in [0.1, 0.15) is 0 Å². The van der Waals surface area contributed by atoms with E-state index in [1.807, 2.05) is 0 Å². The van der Waals surface area contributed by atoms with Crippen LogP contribution >= 0.6 is 7.82 Å². The van der Waals surface area contributed by atoms with E-state index in [-0.39, 0.29) is 12.2 Å². The lowest BCUT2D eigenvalue weighted by Gasteiger charge is -2.26. The summed E-state index contributed by atoms with van der Waals surface area (Å²) in [5, 5.41) is 9.06. The van der Waals surface area contributed by atoms with Crippen molar-refractivity contribution in [1.82, 2.24) is 0 Å². The van der Waals surface area contributed by atoms with Crippen LogP contribution in [0, 0.1) is 0 Å². The third kappa shape index (κ3) is 3.92. The van der Waals surface area contributed by atoms with Gasteiger partial charge in [-0.2, -0.15) is 0 Å². The van der Waals surface area contributed by atoms with Crippen molar-refractivity contribution in [1.29, 1.82) is 0 Å². The zero-order valence-corrected chi connectivity index (χ0v) is 10.9. The van der Waals surface area contributed by atoms with E-state index in [1.165, 1.54) is 6.07 Å². The number of phosphoric acid groups is 1. The fourth-order valence-electron chi connectivity index (χ4n) is 1.58. The van der Waals surface area contributed by atoms with Crippen LogP contribution in [0.3, 0.4) is 0 Å². The van der Waals surface area contributed by atoms with E-state index in [4.69, 9.17) is 14.9 Å². The molecule has 1 aromatic carbocycles. The number of hydrogen-bond donors (Lipinski definition) is 3. The SMILES string of the molecule is CC(C)(COP(=O)(O)O)c1ccccc1C(=O)O. The van der Waals surface area contributed by atoms with Crippen molar-refractivity contribution in [3.05, 3.63) is 35.4 Å². The molecular formula is C11H15O6P. The summed E-state index contributed by atoms with van der Waals surface area (Å²) in [7, 11) is -4.57. The van der Waals surface area contributed by atoms with Gasteiger partial charge in [0, 0.05) is 5.41 Å². The standard InChI is InChI=1S/C11H15O6P/c1-11(2,7-17-18(14,15)16)9-6-4-3-5-8(9)10(12)13/h3-6H,7H2,1-2H3,(H,12,13)(H2,14,15,16). The van der Waals surface area contributed by atoms with Gasteiger partial charge in [0.2, 0.25) is 0 Å². The third-order valence-electron chi connectivity index (χ3n) is 2.48. The molecule has 0 radical (unpaired) electrons. The number of carboxylic acids is 1. The summed E-state index contributed by atoms with van der Waals surface area (Å²) in [5.74, 6) is -1.09. The van der Waals surface area contributed by atoms with Gasteiger partial charge < -0.3 is 14.9 Å². The van der Waals surface area contributed by atoms with Crippen LogP contribution in [0.25, 0.3) is 0 Å². The van der Waals surface area contributed by atoms with Crippen LogP contribution in [0.15, 0.2) is 24.3 Å². The second-order valence-electron chi connectivity index (χ2n) is 4.50. The number of benzene rings is 1. The van der Waals surface area contributed by atoms with Crippen molar-refractivity contribution in [3.63, 3.8) is 0 Å². The molecule has 0 saturated carbocycles. The smallest absolute Gasteiger partial charge is 0.469 e. The minimum atomic E-state index is -4.57. The number of phosphoric ester groups is 1. The average Bonchev–Trinajstić information content (AvgIpc) is 2.26. The molecule has 0 fully saturated rings. The van der Waals surface area contributed by atoms with E-state index < -0.39 is 19.2 Å². The number of carboxylic acid groups (broad SMARTS) is 1. The van der Waals surface area contributed by atoms with Crippen molar-refractivity contribution in [2.75, 3.05) is 6.61 Å². The molecule has 0 heterocycles. The van der Waals surface area contributed by atoms with Gasteiger partial charge in [0.25, 0.3) is 0 Å². The van der Waals surface area contributed by atoms with Gasteiger partial charge in [-0.1, -0.05) is 32.0 Å². The second-order valence-corrected chi connectivity index (χ2v) is 5.74. The van der Waals surface area contributed by atoms with Crippen molar-refractivity contribution < 1.29 is 28.8 Å². The van der Waals surface area contributed by atoms with E-state index in [2.05, 4.69) is 4.52 Å². The topological polar surface area (TPSA) is 104 Å². The van der Waals surface area contributed by atoms with Crippen molar-refractivity contribution in [3.8, 4) is 0 Å². The van der Waals surface area contributed by atoms with E-state index in [0.29, 0.717) is 5.56 Å². The summed E-state index contributed by atoms with van der Waals surface area (Å²) in [6, 6.07) is 6.30. The molecular weight excluding hydrogens is 259 g/mol. The van der Waals surface area contributed by atoms with E-state index in [0.717, 1.165) is 0 Å². The molecule has 100 valence electrons. The maximum atomic E-state index is 11.1. The molecule has 1 rings (SSSR count). The van der Waals surface area contributed by atoms with Crippen molar-refractivity contribution in [2.24, 2.45) is 0 Å². The van der Waals surface area contributed by atoms with Gasteiger partial charge in [-0.15, -0.1) is 0 Å². The molecule has 0 unspecified atom stereocenters. The number of rotatable bonds is 5. The fourth-order valence-corrected chi connectivity index (χ4v) is 2.07. The number of hydrogen-bond acceptors (Lipinski definition) is 3. The molecule has 0 atom stereocenters. The second kappa shape index (κ2) is 5.20. The summed E-state index contributed by atoms with van der Waals surface area (Å²) < 4.78 is 15.1. The molecule has 18 heavy (non-hydrogen) atoms. The fraction of sp³-hybridized carbons (Fsp3) is 0.364. The van der Waals surface area contributed by atoms with Crippen LogP contribution in [0.2, 0.25) is 0 Å². The zero-order chi connectivity index (χ0) is 14.0. The Labute approximate surface area is 104 Å². The van der Waals surface area contributed by atoms with E-state index >= 15 is 0 Å². The number of carbonyl (C=O) groups is 1. The van der Waals surface area contributed by atoms with Crippen molar-refractivity contribution >= 4 is 13.8 Å². The molecule has 7 heteroatoms. The minimum absolute atomic E-state index is 0.0943. The molecule has 0 spiro atoms. The van der Waals surface area contributed by atoms with Gasteiger partial charge in [0.15, 0.2) is 0 Å². The predicted molar refractivity (Wildman–Crippen MR) is 64.4 cm³/mol. The van der Waals surface area contributed by atoms with Crippen LogP contribution in [-0.2, 0) is 14.5 Å². The van der Waals surface area contributed by atoms with E-state index in [9.17, 15) is 9.36 Å². The first-order valence-electron chi connectivity index (χ1n) is 5.16. The molecule has 0 aliphatic heterocycles. The van der Waals surface area contributed by atoms with Crippen LogP contribution in [0.4, 0.5) is 0 Å². The zero-order valence-electron chi connectivity index (χ0n) is 10.0. The largest absolute Gasteiger partial charge is 0.478 e. The Balaban J connectivity index is 3.04. The van der Waals surface area contributed by atoms with Crippen LogP contribution in [0.5, 0.6) is 0 Å². The Morgan fingerprint density at radius 2 is 1.89 bits per heavy atom. The van der Waals surface area contributed by atoms with Gasteiger partial charge in [-0.25, -0.2) is 9.36 Å². The minimum Gasteiger partial charge on any atom is -0.478 e. The summed E-state index contributed by atoms with van der Waals surface area (Å²) in [6.45, 7) is 3.04. The molecule has 0 bridgehead atoms. The summed E-state index contributed by atoms with van der Waals surface area (Å²) >= 11 is 0. The van der Waals surface area contributed by atoms with Gasteiger partial charge >= 0.3 is 13.8 Å². The summed E-state index contributed by atoms with van der Waals surface area (Å²) in [6.07, 6.45) is 0. The first kappa shape index (κ1) is 14.9. The maximum absolute atomic E-state index is 11.1. The lowest BCUT2D eigenvalue weighted by Crippen LogP contribution is -2.26. The van der Waals surface area contributed by atoms with Crippen LogP contribution < -0.4 is 0 Å². The van der Waals surface area contributed by atoms with Gasteiger partial charge in [-0.3, -0.25) is 4.52 Å². The Morgan fingerprint density at radius 1 is 1.33 bits per heavy atom. The molecule has 6 nitrogen and oxygen atoms in total. The quantitative estimate of drug-likeness (QED) is 0.707. The first-order chi connectivity index (χ1) is 8.13. The van der Waals surface area contributed by atoms with E-state index in [1.54, 1.807) is 32.0 Å².